The molecule has 0 atom stereocenters. The lowest BCUT2D eigenvalue weighted by atomic mass is 9.68. The van der Waals surface area contributed by atoms with Crippen molar-refractivity contribution < 1.29 is 4.79 Å². The highest BCUT2D eigenvalue weighted by Gasteiger charge is 2.39. The van der Waals surface area contributed by atoms with Crippen molar-refractivity contribution in [2.75, 3.05) is 6.54 Å². The van der Waals surface area contributed by atoms with Crippen LogP contribution in [0.2, 0.25) is 5.02 Å². The monoisotopic (exact) mass is 423 g/mol. The van der Waals surface area contributed by atoms with E-state index in [0.29, 0.717) is 18.7 Å². The van der Waals surface area contributed by atoms with Gasteiger partial charge in [-0.3, -0.25) is 9.78 Å². The second-order valence-corrected chi connectivity index (χ2v) is 8.41. The van der Waals surface area contributed by atoms with Crippen LogP contribution in [0.25, 0.3) is 0 Å². The normalized spacial score (nSPS) is 21.3. The molecule has 4 rings (SSSR count). The van der Waals surface area contributed by atoms with Gasteiger partial charge in [-0.2, -0.15) is 0 Å². The molecule has 0 saturated heterocycles. The lowest BCUT2D eigenvalue weighted by molar-refractivity contribution is 0.0569. The zero-order valence-electron chi connectivity index (χ0n) is 16.8. The first-order chi connectivity index (χ1) is 14.6. The fraction of sp³-hybridized carbons (Fsp3) is 0.348. The van der Waals surface area contributed by atoms with E-state index in [1.807, 2.05) is 29.2 Å². The van der Waals surface area contributed by atoms with Gasteiger partial charge in [-0.05, 0) is 55.5 Å². The molecule has 2 aromatic heterocycles. The molecule has 3 aromatic rings. The third-order valence-corrected chi connectivity index (χ3v) is 6.48. The fourth-order valence-corrected chi connectivity index (χ4v) is 4.66. The van der Waals surface area contributed by atoms with Gasteiger partial charge in [0.05, 0.1) is 24.1 Å². The Balaban J connectivity index is 1.56. The molecule has 0 unspecified atom stereocenters. The maximum Gasteiger partial charge on any atom is 0.256 e. The minimum atomic E-state index is -0.0988. The zero-order valence-corrected chi connectivity index (χ0v) is 17.6. The molecule has 0 bridgehead atoms. The predicted octanol–water partition coefficient (Wildman–Crippen LogP) is 3.94. The highest BCUT2D eigenvalue weighted by Crippen LogP contribution is 2.41. The van der Waals surface area contributed by atoms with Gasteiger partial charge in [-0.1, -0.05) is 23.7 Å². The van der Waals surface area contributed by atoms with Crippen LogP contribution in [0.3, 0.4) is 0 Å². The van der Waals surface area contributed by atoms with Gasteiger partial charge in [0.25, 0.3) is 5.91 Å². The summed E-state index contributed by atoms with van der Waals surface area (Å²) in [5.41, 5.74) is 8.86. The number of H-pyrrole nitrogens is 1. The molecular formula is C23H26ClN5O. The molecule has 7 heteroatoms. The third kappa shape index (κ3) is 4.25. The Morgan fingerprint density at radius 2 is 2.03 bits per heavy atom. The summed E-state index contributed by atoms with van der Waals surface area (Å²) in [6.07, 6.45) is 10.3. The minimum absolute atomic E-state index is 0.00861. The molecule has 2 heterocycles. The molecule has 1 aliphatic rings. The molecule has 1 aromatic carbocycles. The SMILES string of the molecule is NCC1(c2cccc(Cl)c2)CCC(N(Cc2cnc[nH]2)C(=O)c2cccnc2)CC1. The van der Waals surface area contributed by atoms with Gasteiger partial charge in [-0.25, -0.2) is 4.98 Å². The van der Waals surface area contributed by atoms with E-state index in [4.69, 9.17) is 17.3 Å². The van der Waals surface area contributed by atoms with Crippen LogP contribution >= 0.6 is 11.6 Å². The highest BCUT2D eigenvalue weighted by atomic mass is 35.5. The standard InChI is InChI=1S/C23H26ClN5O/c24-19-5-1-4-18(11-19)23(15-25)8-6-21(7-9-23)29(14-20-13-27-16-28-20)22(30)17-3-2-10-26-12-17/h1-5,10-13,16,21H,6-9,14-15,25H2,(H,27,28). The van der Waals surface area contributed by atoms with Crippen LogP contribution in [-0.2, 0) is 12.0 Å². The summed E-state index contributed by atoms with van der Waals surface area (Å²) >= 11 is 6.24. The summed E-state index contributed by atoms with van der Waals surface area (Å²) in [7, 11) is 0. The van der Waals surface area contributed by atoms with Gasteiger partial charge in [0, 0.05) is 41.6 Å². The Labute approximate surface area is 181 Å². The summed E-state index contributed by atoms with van der Waals surface area (Å²) in [4.78, 5) is 26.6. The number of hydrogen-bond donors (Lipinski definition) is 2. The van der Waals surface area contributed by atoms with E-state index in [1.165, 1.54) is 5.56 Å². The number of hydrogen-bond acceptors (Lipinski definition) is 4. The Morgan fingerprint density at radius 1 is 1.20 bits per heavy atom. The van der Waals surface area contributed by atoms with Gasteiger partial charge in [0.2, 0.25) is 0 Å². The van der Waals surface area contributed by atoms with Gasteiger partial charge in [0.1, 0.15) is 0 Å². The van der Waals surface area contributed by atoms with Crippen LogP contribution in [0.15, 0.2) is 61.3 Å². The summed E-state index contributed by atoms with van der Waals surface area (Å²) in [6, 6.07) is 11.7. The summed E-state index contributed by atoms with van der Waals surface area (Å²) < 4.78 is 0. The second kappa shape index (κ2) is 8.98. The molecule has 1 saturated carbocycles. The number of amides is 1. The number of nitrogens with zero attached hydrogens (tertiary/aromatic N) is 3. The number of aromatic nitrogens is 3. The molecular weight excluding hydrogens is 398 g/mol. The fourth-order valence-electron chi connectivity index (χ4n) is 4.47. The number of halogens is 1. The highest BCUT2D eigenvalue weighted by molar-refractivity contribution is 6.30. The molecule has 3 N–H and O–H groups in total. The predicted molar refractivity (Wildman–Crippen MR) is 117 cm³/mol. The molecule has 0 spiro atoms. The smallest absolute Gasteiger partial charge is 0.256 e. The van der Waals surface area contributed by atoms with Gasteiger partial charge in [0.15, 0.2) is 0 Å². The third-order valence-electron chi connectivity index (χ3n) is 6.25. The average molecular weight is 424 g/mol. The first-order valence-electron chi connectivity index (χ1n) is 10.3. The quantitative estimate of drug-likeness (QED) is 0.628. The van der Waals surface area contributed by atoms with Crippen molar-refractivity contribution in [1.82, 2.24) is 19.9 Å². The largest absolute Gasteiger partial charge is 0.347 e. The molecule has 0 aliphatic heterocycles. The lowest BCUT2D eigenvalue weighted by Crippen LogP contribution is -2.47. The first kappa shape index (κ1) is 20.6. The van der Waals surface area contributed by atoms with E-state index in [-0.39, 0.29) is 17.4 Å². The van der Waals surface area contributed by atoms with Crippen LogP contribution in [0.5, 0.6) is 0 Å². The number of nitrogens with one attached hydrogen (secondary N) is 1. The molecule has 30 heavy (non-hydrogen) atoms. The Kier molecular flexibility index (Phi) is 6.16. The van der Waals surface area contributed by atoms with Crippen LogP contribution in [0.4, 0.5) is 0 Å². The Morgan fingerprint density at radius 3 is 2.67 bits per heavy atom. The van der Waals surface area contributed by atoms with Crippen LogP contribution in [0.1, 0.15) is 47.3 Å². The Hall–Kier alpha value is -2.70. The summed E-state index contributed by atoms with van der Waals surface area (Å²) in [5, 5.41) is 0.732. The molecule has 1 aliphatic carbocycles. The maximum atomic E-state index is 13.3. The van der Waals surface area contributed by atoms with E-state index in [0.717, 1.165) is 36.4 Å². The Bertz CT molecular complexity index is 968. The van der Waals surface area contributed by atoms with Crippen LogP contribution < -0.4 is 5.73 Å². The minimum Gasteiger partial charge on any atom is -0.347 e. The molecule has 1 fully saturated rings. The van der Waals surface area contributed by atoms with E-state index < -0.39 is 0 Å². The molecule has 6 nitrogen and oxygen atoms in total. The van der Waals surface area contributed by atoms with Crippen molar-refractivity contribution in [3.8, 4) is 0 Å². The molecule has 0 radical (unpaired) electrons. The second-order valence-electron chi connectivity index (χ2n) is 7.98. The number of carbonyl (C=O) groups excluding carboxylic acids is 1. The number of nitrogens with two attached hydrogens (primary N) is 1. The van der Waals surface area contributed by atoms with Crippen molar-refractivity contribution in [2.45, 2.75) is 43.7 Å². The zero-order chi connectivity index (χ0) is 21.0. The number of carbonyl (C=O) groups is 1. The van der Waals surface area contributed by atoms with Crippen molar-refractivity contribution in [3.05, 3.63) is 83.2 Å². The summed E-state index contributed by atoms with van der Waals surface area (Å²) in [6.45, 7) is 1.06. The number of rotatable bonds is 6. The van der Waals surface area contributed by atoms with Crippen molar-refractivity contribution in [2.24, 2.45) is 5.73 Å². The molecule has 156 valence electrons. The average Bonchev–Trinajstić information content (AvgIpc) is 3.31. The van der Waals surface area contributed by atoms with Crippen molar-refractivity contribution >= 4 is 17.5 Å². The number of benzene rings is 1. The van der Waals surface area contributed by atoms with Crippen LogP contribution in [0, 0.1) is 0 Å². The van der Waals surface area contributed by atoms with E-state index in [9.17, 15) is 4.79 Å². The number of aromatic amines is 1. The summed E-state index contributed by atoms with van der Waals surface area (Å²) in [5.74, 6) is -0.00861. The van der Waals surface area contributed by atoms with E-state index in [2.05, 4.69) is 21.0 Å². The number of pyridine rings is 1. The van der Waals surface area contributed by atoms with Crippen molar-refractivity contribution in [1.29, 1.82) is 0 Å². The van der Waals surface area contributed by atoms with Gasteiger partial charge in [-0.15, -0.1) is 0 Å². The topological polar surface area (TPSA) is 87.9 Å². The lowest BCUT2D eigenvalue weighted by Gasteiger charge is -2.43. The number of imidazole rings is 1. The molecule has 1 amide bonds. The van der Waals surface area contributed by atoms with Gasteiger partial charge < -0.3 is 15.6 Å². The van der Waals surface area contributed by atoms with Gasteiger partial charge >= 0.3 is 0 Å². The maximum absolute atomic E-state index is 13.3. The first-order valence-corrected chi connectivity index (χ1v) is 10.6. The van der Waals surface area contributed by atoms with Crippen molar-refractivity contribution in [3.63, 3.8) is 0 Å². The van der Waals surface area contributed by atoms with Crippen LogP contribution in [-0.4, -0.2) is 38.3 Å². The van der Waals surface area contributed by atoms with E-state index in [1.54, 1.807) is 31.0 Å². The van der Waals surface area contributed by atoms with E-state index >= 15 is 0 Å².